The second kappa shape index (κ2) is 5.73. The standard InChI is InChI=1S/C15H17FN2O2S/c1-3-11-4-6-12(7-5-11)18(2)21(19,20)13-8-9-14(16)15(17)10-13/h4-10H,3,17H2,1-2H3. The Hall–Kier alpha value is -2.08. The van der Waals surface area contributed by atoms with Crippen molar-refractivity contribution in [2.45, 2.75) is 18.2 Å². The highest BCUT2D eigenvalue weighted by molar-refractivity contribution is 7.92. The molecular formula is C15H17FN2O2S. The second-order valence-electron chi connectivity index (χ2n) is 4.68. The first-order valence-corrected chi connectivity index (χ1v) is 7.93. The van der Waals surface area contributed by atoms with Gasteiger partial charge in [-0.05, 0) is 42.3 Å². The minimum Gasteiger partial charge on any atom is -0.396 e. The molecule has 0 aromatic heterocycles. The highest BCUT2D eigenvalue weighted by Crippen LogP contribution is 2.24. The lowest BCUT2D eigenvalue weighted by Crippen LogP contribution is -2.26. The van der Waals surface area contributed by atoms with Gasteiger partial charge in [0, 0.05) is 7.05 Å². The van der Waals surface area contributed by atoms with E-state index >= 15 is 0 Å². The van der Waals surface area contributed by atoms with Gasteiger partial charge in [-0.3, -0.25) is 4.31 Å². The van der Waals surface area contributed by atoms with E-state index in [4.69, 9.17) is 5.73 Å². The van der Waals surface area contributed by atoms with Gasteiger partial charge in [0.1, 0.15) is 5.82 Å². The summed E-state index contributed by atoms with van der Waals surface area (Å²) in [6.45, 7) is 2.02. The molecule has 21 heavy (non-hydrogen) atoms. The van der Waals surface area contributed by atoms with Crippen molar-refractivity contribution in [3.63, 3.8) is 0 Å². The fraction of sp³-hybridized carbons (Fsp3) is 0.200. The molecule has 0 bridgehead atoms. The first-order valence-electron chi connectivity index (χ1n) is 6.49. The molecule has 0 spiro atoms. The molecule has 0 unspecified atom stereocenters. The van der Waals surface area contributed by atoms with E-state index in [1.807, 2.05) is 19.1 Å². The van der Waals surface area contributed by atoms with E-state index in [-0.39, 0.29) is 10.6 Å². The molecule has 4 nitrogen and oxygen atoms in total. The second-order valence-corrected chi connectivity index (χ2v) is 6.65. The molecule has 2 aromatic carbocycles. The van der Waals surface area contributed by atoms with Crippen LogP contribution in [-0.2, 0) is 16.4 Å². The lowest BCUT2D eigenvalue weighted by molar-refractivity contribution is 0.593. The van der Waals surface area contributed by atoms with Gasteiger partial charge < -0.3 is 5.73 Å². The quantitative estimate of drug-likeness (QED) is 0.883. The first-order chi connectivity index (χ1) is 9.86. The topological polar surface area (TPSA) is 63.4 Å². The number of benzene rings is 2. The molecule has 2 N–H and O–H groups in total. The predicted molar refractivity (Wildman–Crippen MR) is 82.2 cm³/mol. The Morgan fingerprint density at radius 3 is 2.29 bits per heavy atom. The van der Waals surface area contributed by atoms with Gasteiger partial charge in [-0.1, -0.05) is 19.1 Å². The number of sulfonamides is 1. The Labute approximate surface area is 124 Å². The van der Waals surface area contributed by atoms with Crippen LogP contribution in [-0.4, -0.2) is 15.5 Å². The molecule has 0 aliphatic carbocycles. The number of hydrogen-bond acceptors (Lipinski definition) is 3. The van der Waals surface area contributed by atoms with Crippen LogP contribution in [0.3, 0.4) is 0 Å². The molecule has 2 rings (SSSR count). The Bertz CT molecular complexity index is 743. The molecular weight excluding hydrogens is 291 g/mol. The Kier molecular flexibility index (Phi) is 4.18. The fourth-order valence-electron chi connectivity index (χ4n) is 1.92. The van der Waals surface area contributed by atoms with Crippen LogP contribution in [0.4, 0.5) is 15.8 Å². The molecule has 0 fully saturated rings. The number of rotatable bonds is 4. The molecule has 0 atom stereocenters. The summed E-state index contributed by atoms with van der Waals surface area (Å²) in [6.07, 6.45) is 0.880. The Morgan fingerprint density at radius 2 is 1.76 bits per heavy atom. The molecule has 0 saturated carbocycles. The van der Waals surface area contributed by atoms with Crippen molar-refractivity contribution in [2.75, 3.05) is 17.1 Å². The molecule has 0 aliphatic rings. The third kappa shape index (κ3) is 3.00. The molecule has 0 saturated heterocycles. The summed E-state index contributed by atoms with van der Waals surface area (Å²) in [6, 6.07) is 10.6. The van der Waals surface area contributed by atoms with Crippen LogP contribution in [0.2, 0.25) is 0 Å². The molecule has 0 aliphatic heterocycles. The minimum absolute atomic E-state index is 0.0385. The van der Waals surface area contributed by atoms with E-state index in [9.17, 15) is 12.8 Å². The monoisotopic (exact) mass is 308 g/mol. The van der Waals surface area contributed by atoms with Gasteiger partial charge in [-0.15, -0.1) is 0 Å². The van der Waals surface area contributed by atoms with Crippen molar-refractivity contribution in [2.24, 2.45) is 0 Å². The fourth-order valence-corrected chi connectivity index (χ4v) is 3.15. The highest BCUT2D eigenvalue weighted by atomic mass is 32.2. The number of nitrogens with two attached hydrogens (primary N) is 1. The van der Waals surface area contributed by atoms with Crippen LogP contribution in [0.5, 0.6) is 0 Å². The molecule has 0 amide bonds. The summed E-state index contributed by atoms with van der Waals surface area (Å²) in [5.74, 6) is -0.635. The Morgan fingerprint density at radius 1 is 1.14 bits per heavy atom. The SMILES string of the molecule is CCc1ccc(N(C)S(=O)(=O)c2ccc(F)c(N)c2)cc1. The van der Waals surface area contributed by atoms with Crippen molar-refractivity contribution in [1.82, 2.24) is 0 Å². The molecule has 0 heterocycles. The van der Waals surface area contributed by atoms with Crippen LogP contribution < -0.4 is 10.0 Å². The minimum atomic E-state index is -3.76. The van der Waals surface area contributed by atoms with Crippen molar-refractivity contribution in [3.8, 4) is 0 Å². The van der Waals surface area contributed by atoms with Crippen LogP contribution in [0, 0.1) is 5.82 Å². The van der Waals surface area contributed by atoms with Gasteiger partial charge in [0.15, 0.2) is 0 Å². The zero-order valence-corrected chi connectivity index (χ0v) is 12.7. The van der Waals surface area contributed by atoms with Gasteiger partial charge in [0.25, 0.3) is 10.0 Å². The van der Waals surface area contributed by atoms with Gasteiger partial charge in [0.05, 0.1) is 16.3 Å². The van der Waals surface area contributed by atoms with Gasteiger partial charge in [-0.25, -0.2) is 12.8 Å². The number of nitrogens with zero attached hydrogens (tertiary/aromatic N) is 1. The summed E-state index contributed by atoms with van der Waals surface area (Å²) >= 11 is 0. The first kappa shape index (κ1) is 15.3. The summed E-state index contributed by atoms with van der Waals surface area (Å²) in [5, 5.41) is 0. The third-order valence-corrected chi connectivity index (χ3v) is 5.12. The average Bonchev–Trinajstić information content (AvgIpc) is 2.49. The van der Waals surface area contributed by atoms with Gasteiger partial charge in [-0.2, -0.15) is 0 Å². The van der Waals surface area contributed by atoms with E-state index in [0.29, 0.717) is 5.69 Å². The van der Waals surface area contributed by atoms with Crippen molar-refractivity contribution in [1.29, 1.82) is 0 Å². The maximum Gasteiger partial charge on any atom is 0.264 e. The number of hydrogen-bond donors (Lipinski definition) is 1. The summed E-state index contributed by atoms with van der Waals surface area (Å²) in [4.78, 5) is -0.0385. The van der Waals surface area contributed by atoms with Crippen LogP contribution in [0.25, 0.3) is 0 Å². The predicted octanol–water partition coefficient (Wildman–Crippen LogP) is 2.80. The zero-order valence-electron chi connectivity index (χ0n) is 11.9. The van der Waals surface area contributed by atoms with Crippen molar-refractivity contribution >= 4 is 21.4 Å². The maximum absolute atomic E-state index is 13.2. The number of nitrogen functional groups attached to an aromatic ring is 1. The summed E-state index contributed by atoms with van der Waals surface area (Å²) in [5.41, 5.74) is 6.91. The van der Waals surface area contributed by atoms with Gasteiger partial charge >= 0.3 is 0 Å². The van der Waals surface area contributed by atoms with Crippen molar-refractivity contribution in [3.05, 3.63) is 53.8 Å². The summed E-state index contributed by atoms with van der Waals surface area (Å²) in [7, 11) is -2.31. The van der Waals surface area contributed by atoms with Gasteiger partial charge in [0.2, 0.25) is 0 Å². The third-order valence-electron chi connectivity index (χ3n) is 3.33. The number of aryl methyl sites for hydroxylation is 1. The summed E-state index contributed by atoms with van der Waals surface area (Å²) < 4.78 is 39.3. The van der Waals surface area contributed by atoms with Crippen molar-refractivity contribution < 1.29 is 12.8 Å². The molecule has 6 heteroatoms. The van der Waals surface area contributed by atoms with E-state index < -0.39 is 15.8 Å². The zero-order chi connectivity index (χ0) is 15.6. The highest BCUT2D eigenvalue weighted by Gasteiger charge is 2.22. The van der Waals surface area contributed by atoms with E-state index in [1.54, 1.807) is 12.1 Å². The average molecular weight is 308 g/mol. The van der Waals surface area contributed by atoms with Crippen LogP contribution in [0.1, 0.15) is 12.5 Å². The van der Waals surface area contributed by atoms with E-state index in [1.165, 1.54) is 13.1 Å². The molecule has 0 radical (unpaired) electrons. The molecule has 112 valence electrons. The largest absolute Gasteiger partial charge is 0.396 e. The Balaban J connectivity index is 2.39. The van der Waals surface area contributed by atoms with Crippen LogP contribution in [0.15, 0.2) is 47.4 Å². The number of anilines is 2. The smallest absolute Gasteiger partial charge is 0.264 e. The lowest BCUT2D eigenvalue weighted by atomic mass is 10.1. The van der Waals surface area contributed by atoms with E-state index in [2.05, 4.69) is 0 Å². The normalized spacial score (nSPS) is 11.4. The van der Waals surface area contributed by atoms with E-state index in [0.717, 1.165) is 28.4 Å². The molecule has 2 aromatic rings. The van der Waals surface area contributed by atoms with Crippen LogP contribution >= 0.6 is 0 Å². The number of halogens is 1. The lowest BCUT2D eigenvalue weighted by Gasteiger charge is -2.20. The maximum atomic E-state index is 13.2.